The van der Waals surface area contributed by atoms with Crippen LogP contribution in [-0.2, 0) is 13.2 Å². The minimum atomic E-state index is 0.231. The van der Waals surface area contributed by atoms with Gasteiger partial charge in [0.15, 0.2) is 11.5 Å². The Labute approximate surface area is 118 Å². The highest BCUT2D eigenvalue weighted by atomic mass is 16.5. The summed E-state index contributed by atoms with van der Waals surface area (Å²) >= 11 is 0. The first-order valence-electron chi connectivity index (χ1n) is 6.59. The van der Waals surface area contributed by atoms with Gasteiger partial charge >= 0.3 is 0 Å². The van der Waals surface area contributed by atoms with Gasteiger partial charge in [-0.1, -0.05) is 18.2 Å². The van der Waals surface area contributed by atoms with Crippen LogP contribution in [0.1, 0.15) is 18.1 Å². The van der Waals surface area contributed by atoms with Gasteiger partial charge in [0.2, 0.25) is 0 Å². The maximum atomic E-state index is 9.42. The first-order chi connectivity index (χ1) is 9.72. The molecule has 0 aliphatic rings. The fourth-order valence-electron chi connectivity index (χ4n) is 1.87. The topological polar surface area (TPSA) is 64.7 Å². The molecule has 0 aliphatic heterocycles. The van der Waals surface area contributed by atoms with E-state index in [1.807, 2.05) is 31.2 Å². The lowest BCUT2D eigenvalue weighted by atomic mass is 10.2. The SMILES string of the molecule is CCOc1cc(CN)ccc1OCc1cccc(O)c1. The molecule has 0 aromatic heterocycles. The predicted octanol–water partition coefficient (Wildman–Crippen LogP) is 2.83. The van der Waals surface area contributed by atoms with E-state index in [2.05, 4.69) is 0 Å². The monoisotopic (exact) mass is 273 g/mol. The van der Waals surface area contributed by atoms with E-state index in [-0.39, 0.29) is 5.75 Å². The molecular formula is C16H19NO3. The minimum absolute atomic E-state index is 0.231. The lowest BCUT2D eigenvalue weighted by molar-refractivity contribution is 0.269. The van der Waals surface area contributed by atoms with E-state index in [1.54, 1.807) is 18.2 Å². The molecule has 0 aliphatic carbocycles. The minimum Gasteiger partial charge on any atom is -0.508 e. The third-order valence-corrected chi connectivity index (χ3v) is 2.85. The van der Waals surface area contributed by atoms with E-state index in [9.17, 15) is 5.11 Å². The van der Waals surface area contributed by atoms with Crippen LogP contribution in [0.3, 0.4) is 0 Å². The second kappa shape index (κ2) is 6.82. The standard InChI is InChI=1S/C16H19NO3/c1-2-19-16-9-12(10-17)6-7-15(16)20-11-13-4-3-5-14(18)8-13/h3-9,18H,2,10-11,17H2,1H3. The van der Waals surface area contributed by atoms with Crippen molar-refractivity contribution in [3.8, 4) is 17.2 Å². The molecule has 4 heteroatoms. The van der Waals surface area contributed by atoms with E-state index < -0.39 is 0 Å². The zero-order chi connectivity index (χ0) is 14.4. The number of phenolic OH excluding ortho intramolecular Hbond substituents is 1. The zero-order valence-electron chi connectivity index (χ0n) is 11.5. The van der Waals surface area contributed by atoms with Gasteiger partial charge in [-0.3, -0.25) is 0 Å². The number of nitrogens with two attached hydrogens (primary N) is 1. The molecule has 0 saturated carbocycles. The second-order valence-electron chi connectivity index (χ2n) is 4.38. The average Bonchev–Trinajstić information content (AvgIpc) is 2.46. The molecule has 0 spiro atoms. The van der Waals surface area contributed by atoms with Crippen LogP contribution in [0.25, 0.3) is 0 Å². The summed E-state index contributed by atoms with van der Waals surface area (Å²) in [4.78, 5) is 0. The normalized spacial score (nSPS) is 10.3. The fourth-order valence-corrected chi connectivity index (χ4v) is 1.87. The van der Waals surface area contributed by atoms with Crippen LogP contribution in [0.15, 0.2) is 42.5 Å². The summed E-state index contributed by atoms with van der Waals surface area (Å²) in [5, 5.41) is 9.42. The highest BCUT2D eigenvalue weighted by molar-refractivity contribution is 5.43. The number of benzene rings is 2. The number of phenols is 1. The van der Waals surface area contributed by atoms with Gasteiger partial charge in [0.05, 0.1) is 6.61 Å². The van der Waals surface area contributed by atoms with E-state index >= 15 is 0 Å². The third kappa shape index (κ3) is 3.65. The van der Waals surface area contributed by atoms with Gasteiger partial charge in [-0.2, -0.15) is 0 Å². The van der Waals surface area contributed by atoms with Crippen molar-refractivity contribution in [1.29, 1.82) is 0 Å². The van der Waals surface area contributed by atoms with E-state index in [1.165, 1.54) is 0 Å². The Bertz CT molecular complexity index is 569. The van der Waals surface area contributed by atoms with Gasteiger partial charge in [0, 0.05) is 6.54 Å². The Morgan fingerprint density at radius 1 is 1.00 bits per heavy atom. The van der Waals surface area contributed by atoms with Crippen LogP contribution in [-0.4, -0.2) is 11.7 Å². The number of rotatable bonds is 6. The third-order valence-electron chi connectivity index (χ3n) is 2.85. The smallest absolute Gasteiger partial charge is 0.161 e. The average molecular weight is 273 g/mol. The van der Waals surface area contributed by atoms with E-state index in [0.717, 1.165) is 11.1 Å². The molecule has 0 bridgehead atoms. The summed E-state index contributed by atoms with van der Waals surface area (Å²) in [5.74, 6) is 1.60. The zero-order valence-corrected chi connectivity index (χ0v) is 11.5. The van der Waals surface area contributed by atoms with Crippen LogP contribution in [0, 0.1) is 0 Å². The number of hydrogen-bond donors (Lipinski definition) is 2. The summed E-state index contributed by atoms with van der Waals surface area (Å²) in [6.07, 6.45) is 0. The Hall–Kier alpha value is -2.20. The first kappa shape index (κ1) is 14.2. The van der Waals surface area contributed by atoms with Crippen molar-refractivity contribution in [3.05, 3.63) is 53.6 Å². The lowest BCUT2D eigenvalue weighted by Crippen LogP contribution is -2.02. The lowest BCUT2D eigenvalue weighted by Gasteiger charge is -2.13. The van der Waals surface area contributed by atoms with Gasteiger partial charge in [0.25, 0.3) is 0 Å². The molecular weight excluding hydrogens is 254 g/mol. The van der Waals surface area contributed by atoms with Crippen LogP contribution in [0.4, 0.5) is 0 Å². The van der Waals surface area contributed by atoms with Crippen LogP contribution in [0.5, 0.6) is 17.2 Å². The van der Waals surface area contributed by atoms with Gasteiger partial charge in [-0.25, -0.2) is 0 Å². The van der Waals surface area contributed by atoms with Crippen molar-refractivity contribution in [1.82, 2.24) is 0 Å². The van der Waals surface area contributed by atoms with Crippen molar-refractivity contribution >= 4 is 0 Å². The highest BCUT2D eigenvalue weighted by Crippen LogP contribution is 2.29. The molecule has 0 saturated heterocycles. The Kier molecular flexibility index (Phi) is 4.85. The largest absolute Gasteiger partial charge is 0.508 e. The molecule has 0 fully saturated rings. The predicted molar refractivity (Wildman–Crippen MR) is 77.9 cm³/mol. The van der Waals surface area contributed by atoms with Gasteiger partial charge in [-0.15, -0.1) is 0 Å². The summed E-state index contributed by atoms with van der Waals surface area (Å²) < 4.78 is 11.3. The van der Waals surface area contributed by atoms with Crippen LogP contribution >= 0.6 is 0 Å². The van der Waals surface area contributed by atoms with Crippen LogP contribution in [0.2, 0.25) is 0 Å². The van der Waals surface area contributed by atoms with Crippen molar-refractivity contribution in [2.45, 2.75) is 20.1 Å². The summed E-state index contributed by atoms with van der Waals surface area (Å²) in [6.45, 7) is 3.33. The molecule has 4 nitrogen and oxygen atoms in total. The van der Waals surface area contributed by atoms with Gasteiger partial charge in [0.1, 0.15) is 12.4 Å². The van der Waals surface area contributed by atoms with Gasteiger partial charge < -0.3 is 20.3 Å². The fraction of sp³-hybridized carbons (Fsp3) is 0.250. The molecule has 0 atom stereocenters. The van der Waals surface area contributed by atoms with E-state index in [4.69, 9.17) is 15.2 Å². The molecule has 0 unspecified atom stereocenters. The number of aromatic hydroxyl groups is 1. The summed E-state index contributed by atoms with van der Waals surface area (Å²) in [7, 11) is 0. The molecule has 0 amide bonds. The quantitative estimate of drug-likeness (QED) is 0.849. The summed E-state index contributed by atoms with van der Waals surface area (Å²) in [5.41, 5.74) is 7.52. The number of hydrogen-bond acceptors (Lipinski definition) is 4. The van der Waals surface area contributed by atoms with Crippen molar-refractivity contribution in [3.63, 3.8) is 0 Å². The van der Waals surface area contributed by atoms with Gasteiger partial charge in [-0.05, 0) is 42.3 Å². The molecule has 106 valence electrons. The molecule has 2 rings (SSSR count). The Morgan fingerprint density at radius 2 is 1.85 bits per heavy atom. The summed E-state index contributed by atoms with van der Waals surface area (Å²) in [6, 6.07) is 12.7. The van der Waals surface area contributed by atoms with Crippen LogP contribution < -0.4 is 15.2 Å². The molecule has 2 aromatic carbocycles. The maximum Gasteiger partial charge on any atom is 0.161 e. The molecule has 0 heterocycles. The Morgan fingerprint density at radius 3 is 2.55 bits per heavy atom. The molecule has 20 heavy (non-hydrogen) atoms. The maximum absolute atomic E-state index is 9.42. The van der Waals surface area contributed by atoms with E-state index in [0.29, 0.717) is 31.3 Å². The molecule has 2 aromatic rings. The second-order valence-corrected chi connectivity index (χ2v) is 4.38. The molecule has 0 radical (unpaired) electrons. The number of ether oxygens (including phenoxy) is 2. The highest BCUT2D eigenvalue weighted by Gasteiger charge is 2.06. The molecule has 3 N–H and O–H groups in total. The van der Waals surface area contributed by atoms with Crippen molar-refractivity contribution in [2.24, 2.45) is 5.73 Å². The first-order valence-corrected chi connectivity index (χ1v) is 6.59. The Balaban J connectivity index is 2.12. The van der Waals surface area contributed by atoms with Crippen molar-refractivity contribution < 1.29 is 14.6 Å². The van der Waals surface area contributed by atoms with Crippen molar-refractivity contribution in [2.75, 3.05) is 6.61 Å².